The third-order valence-corrected chi connectivity index (χ3v) is 5.13. The Balaban J connectivity index is 1.90. The Morgan fingerprint density at radius 1 is 1.65 bits per heavy atom. The van der Waals surface area contributed by atoms with E-state index in [2.05, 4.69) is 0 Å². The number of carbonyl (C=O) groups is 1. The predicted molar refractivity (Wildman–Crippen MR) is 69.4 cm³/mol. The number of hydrogen-bond acceptors (Lipinski definition) is 4. The van der Waals surface area contributed by atoms with E-state index in [9.17, 15) is 4.79 Å². The lowest BCUT2D eigenvalue weighted by Gasteiger charge is -2.37. The third kappa shape index (κ3) is 3.24. The number of Topliss-reactive ketones (excluding diaryl/α,β-unsaturated/α-hetero) is 1. The van der Waals surface area contributed by atoms with Gasteiger partial charge in [-0.2, -0.15) is 11.8 Å². The third-order valence-electron chi connectivity index (χ3n) is 3.91. The first kappa shape index (κ1) is 13.4. The summed E-state index contributed by atoms with van der Waals surface area (Å²) < 4.78 is 11.1. The van der Waals surface area contributed by atoms with E-state index in [1.54, 1.807) is 7.11 Å². The van der Waals surface area contributed by atoms with Gasteiger partial charge in [0, 0.05) is 31.8 Å². The van der Waals surface area contributed by atoms with Gasteiger partial charge in [0.1, 0.15) is 5.78 Å². The van der Waals surface area contributed by atoms with Gasteiger partial charge < -0.3 is 9.47 Å². The summed E-state index contributed by atoms with van der Waals surface area (Å²) in [6.45, 7) is 2.71. The summed E-state index contributed by atoms with van der Waals surface area (Å²) in [7, 11) is 1.66. The molecule has 0 aromatic carbocycles. The van der Waals surface area contributed by atoms with E-state index < -0.39 is 0 Å². The molecular weight excluding hydrogens is 236 g/mol. The molecule has 2 saturated heterocycles. The minimum Gasteiger partial charge on any atom is -0.381 e. The lowest BCUT2D eigenvalue weighted by atomic mass is 9.82. The standard InChI is InChI=1S/C13H22O3S/c1-10(15-2)7-12(14)11-3-5-16-13(8-11)4-6-17-9-13/h10-11H,3-9H2,1-2H3. The van der Waals surface area contributed by atoms with E-state index >= 15 is 0 Å². The van der Waals surface area contributed by atoms with Crippen LogP contribution in [0.3, 0.4) is 0 Å². The number of carbonyl (C=O) groups excluding carboxylic acids is 1. The molecule has 0 aromatic heterocycles. The zero-order valence-electron chi connectivity index (χ0n) is 10.7. The molecule has 2 fully saturated rings. The van der Waals surface area contributed by atoms with Crippen LogP contribution in [0.4, 0.5) is 0 Å². The maximum atomic E-state index is 12.2. The van der Waals surface area contributed by atoms with Crippen molar-refractivity contribution in [1.29, 1.82) is 0 Å². The Bertz CT molecular complexity index is 274. The molecule has 3 nitrogen and oxygen atoms in total. The fraction of sp³-hybridized carbons (Fsp3) is 0.923. The first-order valence-electron chi connectivity index (χ1n) is 6.42. The summed E-state index contributed by atoms with van der Waals surface area (Å²) >= 11 is 1.95. The van der Waals surface area contributed by atoms with Crippen LogP contribution in [0.1, 0.15) is 32.6 Å². The summed E-state index contributed by atoms with van der Waals surface area (Å²) in [5.41, 5.74) is 0.0134. The number of hydrogen-bond donors (Lipinski definition) is 0. The van der Waals surface area contributed by atoms with Crippen molar-refractivity contribution in [3.63, 3.8) is 0 Å². The monoisotopic (exact) mass is 258 g/mol. The fourth-order valence-electron chi connectivity index (χ4n) is 2.70. The molecular formula is C13H22O3S. The summed E-state index contributed by atoms with van der Waals surface area (Å²) in [6, 6.07) is 0. The average Bonchev–Trinajstić information content (AvgIpc) is 2.77. The van der Waals surface area contributed by atoms with Gasteiger partial charge in [0.05, 0.1) is 11.7 Å². The second-order valence-corrected chi connectivity index (χ2v) is 6.35. The smallest absolute Gasteiger partial charge is 0.138 e. The molecule has 2 heterocycles. The molecule has 1 spiro atoms. The van der Waals surface area contributed by atoms with Gasteiger partial charge in [0.2, 0.25) is 0 Å². The molecule has 0 saturated carbocycles. The van der Waals surface area contributed by atoms with E-state index in [-0.39, 0.29) is 17.6 Å². The van der Waals surface area contributed by atoms with Crippen molar-refractivity contribution in [1.82, 2.24) is 0 Å². The molecule has 17 heavy (non-hydrogen) atoms. The Kier molecular flexibility index (Phi) is 4.50. The van der Waals surface area contributed by atoms with Crippen LogP contribution in [0.25, 0.3) is 0 Å². The van der Waals surface area contributed by atoms with Gasteiger partial charge in [0.25, 0.3) is 0 Å². The number of ether oxygens (including phenoxy) is 2. The second-order valence-electron chi connectivity index (χ2n) is 5.24. The molecule has 2 rings (SSSR count). The van der Waals surface area contributed by atoms with Crippen LogP contribution in [0.2, 0.25) is 0 Å². The molecule has 0 bridgehead atoms. The summed E-state index contributed by atoms with van der Waals surface area (Å²) in [4.78, 5) is 12.2. The van der Waals surface area contributed by atoms with Gasteiger partial charge in [-0.3, -0.25) is 4.79 Å². The molecule has 98 valence electrons. The van der Waals surface area contributed by atoms with E-state index in [0.717, 1.165) is 31.6 Å². The van der Waals surface area contributed by atoms with Gasteiger partial charge in [-0.1, -0.05) is 0 Å². The summed E-state index contributed by atoms with van der Waals surface area (Å²) in [5, 5.41) is 0. The molecule has 0 aromatic rings. The molecule has 4 heteroatoms. The lowest BCUT2D eigenvalue weighted by molar-refractivity contribution is -0.136. The number of rotatable bonds is 4. The normalized spacial score (nSPS) is 35.1. The van der Waals surface area contributed by atoms with Gasteiger partial charge >= 0.3 is 0 Å². The first-order chi connectivity index (χ1) is 8.15. The molecule has 0 N–H and O–H groups in total. The highest BCUT2D eigenvalue weighted by Crippen LogP contribution is 2.40. The number of thioether (sulfide) groups is 1. The highest BCUT2D eigenvalue weighted by atomic mass is 32.2. The van der Waals surface area contributed by atoms with Crippen LogP contribution in [0.15, 0.2) is 0 Å². The largest absolute Gasteiger partial charge is 0.381 e. The lowest BCUT2D eigenvalue weighted by Crippen LogP contribution is -2.42. The second kappa shape index (κ2) is 5.72. The molecule has 2 aliphatic heterocycles. The van der Waals surface area contributed by atoms with Gasteiger partial charge in [-0.25, -0.2) is 0 Å². The van der Waals surface area contributed by atoms with Crippen molar-refractivity contribution in [3.8, 4) is 0 Å². The highest BCUT2D eigenvalue weighted by Gasteiger charge is 2.42. The van der Waals surface area contributed by atoms with E-state index in [0.29, 0.717) is 12.2 Å². The van der Waals surface area contributed by atoms with Crippen molar-refractivity contribution in [3.05, 3.63) is 0 Å². The first-order valence-corrected chi connectivity index (χ1v) is 7.58. The quantitative estimate of drug-likeness (QED) is 0.775. The average molecular weight is 258 g/mol. The maximum absolute atomic E-state index is 12.2. The summed E-state index contributed by atoms with van der Waals surface area (Å²) in [6.07, 6.45) is 3.52. The fourth-order valence-corrected chi connectivity index (χ4v) is 4.08. The van der Waals surface area contributed by atoms with Crippen LogP contribution >= 0.6 is 11.8 Å². The SMILES string of the molecule is COC(C)CC(=O)C1CCOC2(CCSC2)C1. The van der Waals surface area contributed by atoms with Crippen molar-refractivity contribution in [2.45, 2.75) is 44.3 Å². The Hall–Kier alpha value is -0.0600. The molecule has 0 radical (unpaired) electrons. The number of ketones is 1. The van der Waals surface area contributed by atoms with Crippen LogP contribution in [-0.4, -0.2) is 42.7 Å². The van der Waals surface area contributed by atoms with E-state index in [4.69, 9.17) is 9.47 Å². The van der Waals surface area contributed by atoms with E-state index in [1.165, 1.54) is 5.75 Å². The minimum atomic E-state index is 0.0134. The predicted octanol–water partition coefficient (Wildman–Crippen LogP) is 2.28. The zero-order chi connectivity index (χ0) is 12.3. The Morgan fingerprint density at radius 3 is 3.12 bits per heavy atom. The Labute approximate surface area is 108 Å². The maximum Gasteiger partial charge on any atom is 0.138 e. The summed E-state index contributed by atoms with van der Waals surface area (Å²) in [5.74, 6) is 2.80. The van der Waals surface area contributed by atoms with Crippen LogP contribution in [0, 0.1) is 5.92 Å². The van der Waals surface area contributed by atoms with Crippen LogP contribution in [-0.2, 0) is 14.3 Å². The van der Waals surface area contributed by atoms with Crippen molar-refractivity contribution in [2.75, 3.05) is 25.2 Å². The Morgan fingerprint density at radius 2 is 2.47 bits per heavy atom. The van der Waals surface area contributed by atoms with Crippen molar-refractivity contribution < 1.29 is 14.3 Å². The van der Waals surface area contributed by atoms with Crippen LogP contribution < -0.4 is 0 Å². The molecule has 3 atom stereocenters. The zero-order valence-corrected chi connectivity index (χ0v) is 11.6. The van der Waals surface area contributed by atoms with Gasteiger partial charge in [-0.05, 0) is 31.9 Å². The van der Waals surface area contributed by atoms with Crippen LogP contribution in [0.5, 0.6) is 0 Å². The topological polar surface area (TPSA) is 35.5 Å². The minimum absolute atomic E-state index is 0.0134. The molecule has 2 aliphatic rings. The molecule has 0 amide bonds. The van der Waals surface area contributed by atoms with Crippen molar-refractivity contribution >= 4 is 17.5 Å². The molecule has 0 aliphatic carbocycles. The van der Waals surface area contributed by atoms with Crippen molar-refractivity contribution in [2.24, 2.45) is 5.92 Å². The van der Waals surface area contributed by atoms with E-state index in [1.807, 2.05) is 18.7 Å². The highest BCUT2D eigenvalue weighted by molar-refractivity contribution is 7.99. The van der Waals surface area contributed by atoms with Gasteiger partial charge in [-0.15, -0.1) is 0 Å². The van der Waals surface area contributed by atoms with Gasteiger partial charge in [0.15, 0.2) is 0 Å². The molecule has 3 unspecified atom stereocenters. The number of methoxy groups -OCH3 is 1.